The van der Waals surface area contributed by atoms with E-state index >= 15 is 0 Å². The summed E-state index contributed by atoms with van der Waals surface area (Å²) in [4.78, 5) is 5.91. The lowest BCUT2D eigenvalue weighted by Gasteiger charge is -2.19. The molecular weight excluding hydrogens is 316 g/mol. The van der Waals surface area contributed by atoms with Crippen molar-refractivity contribution in [3.05, 3.63) is 52.4 Å². The van der Waals surface area contributed by atoms with Gasteiger partial charge in [0.1, 0.15) is 5.84 Å². The molecular formula is C16H21ClN2SSi. The summed E-state index contributed by atoms with van der Waals surface area (Å²) in [5.41, 5.74) is 8.84. The number of hydrogen-bond donors (Lipinski definition) is 1. The van der Waals surface area contributed by atoms with Crippen LogP contribution in [0.5, 0.6) is 0 Å². The van der Waals surface area contributed by atoms with Gasteiger partial charge in [0.2, 0.25) is 0 Å². The summed E-state index contributed by atoms with van der Waals surface area (Å²) in [6.45, 7) is 7.14. The van der Waals surface area contributed by atoms with E-state index in [9.17, 15) is 0 Å². The predicted molar refractivity (Wildman–Crippen MR) is 98.2 cm³/mol. The molecule has 0 fully saturated rings. The van der Waals surface area contributed by atoms with Crippen molar-refractivity contribution >= 4 is 42.2 Å². The highest BCUT2D eigenvalue weighted by molar-refractivity contribution is 7.27. The van der Waals surface area contributed by atoms with Crippen molar-refractivity contribution in [3.8, 4) is 0 Å². The highest BCUT2D eigenvalue weighted by Gasteiger charge is 2.27. The summed E-state index contributed by atoms with van der Waals surface area (Å²) >= 11 is 1.85. The standard InChI is InChI=1S/C16H20N2SSi.ClH/c1-20(2,3)14-10-12-9-13(11-7-5-4-6-8-11)18-16(17)15(12)19-14;/h4-8,10,13H,9H2,1-3H3,(H2,17,18);1H. The molecule has 2 N–H and O–H groups in total. The van der Waals surface area contributed by atoms with Gasteiger partial charge in [0, 0.05) is 6.42 Å². The molecule has 2 aromatic rings. The first-order valence-corrected chi connectivity index (χ1v) is 11.3. The molecule has 2 heterocycles. The average Bonchev–Trinajstić information content (AvgIpc) is 2.84. The van der Waals surface area contributed by atoms with Crippen molar-refractivity contribution in [1.29, 1.82) is 0 Å². The van der Waals surface area contributed by atoms with Crippen LogP contribution in [0.1, 0.15) is 22.0 Å². The zero-order valence-corrected chi connectivity index (χ0v) is 15.2. The Morgan fingerprint density at radius 2 is 1.86 bits per heavy atom. The van der Waals surface area contributed by atoms with Crippen molar-refractivity contribution in [2.24, 2.45) is 10.7 Å². The van der Waals surface area contributed by atoms with Gasteiger partial charge < -0.3 is 5.73 Å². The van der Waals surface area contributed by atoms with Gasteiger partial charge in [0.25, 0.3) is 0 Å². The smallest absolute Gasteiger partial charge is 0.136 e. The molecule has 3 rings (SSSR count). The van der Waals surface area contributed by atoms with Crippen molar-refractivity contribution < 1.29 is 0 Å². The lowest BCUT2D eigenvalue weighted by molar-refractivity contribution is 0.713. The minimum Gasteiger partial charge on any atom is -0.383 e. The van der Waals surface area contributed by atoms with E-state index in [1.54, 1.807) is 0 Å². The number of nitrogens with two attached hydrogens (primary N) is 1. The molecule has 5 heteroatoms. The van der Waals surface area contributed by atoms with Gasteiger partial charge in [-0.05, 0) is 21.7 Å². The zero-order valence-electron chi connectivity index (χ0n) is 12.6. The monoisotopic (exact) mass is 336 g/mol. The van der Waals surface area contributed by atoms with Crippen LogP contribution < -0.4 is 10.2 Å². The van der Waals surface area contributed by atoms with Gasteiger partial charge in [-0.25, -0.2) is 0 Å². The van der Waals surface area contributed by atoms with Gasteiger partial charge in [-0.15, -0.1) is 23.7 Å². The maximum absolute atomic E-state index is 6.21. The van der Waals surface area contributed by atoms with Gasteiger partial charge in [-0.2, -0.15) is 0 Å². The lowest BCUT2D eigenvalue weighted by Crippen LogP contribution is -2.34. The summed E-state index contributed by atoms with van der Waals surface area (Å²) in [5, 5.41) is 0. The Bertz CT molecular complexity index is 659. The first kappa shape index (κ1) is 16.3. The number of amidine groups is 1. The quantitative estimate of drug-likeness (QED) is 0.834. The van der Waals surface area contributed by atoms with Crippen LogP contribution in [-0.4, -0.2) is 13.9 Å². The Morgan fingerprint density at radius 1 is 1.19 bits per heavy atom. The topological polar surface area (TPSA) is 38.4 Å². The highest BCUT2D eigenvalue weighted by atomic mass is 35.5. The maximum atomic E-state index is 6.21. The van der Waals surface area contributed by atoms with E-state index in [0.29, 0.717) is 0 Å². The molecule has 21 heavy (non-hydrogen) atoms. The number of aliphatic imine (C=N–C) groups is 1. The third-order valence-corrected chi connectivity index (χ3v) is 8.45. The number of hydrogen-bond acceptors (Lipinski definition) is 3. The van der Waals surface area contributed by atoms with Gasteiger partial charge >= 0.3 is 0 Å². The molecule has 0 aliphatic carbocycles. The molecule has 1 aliphatic rings. The van der Waals surface area contributed by atoms with E-state index in [4.69, 9.17) is 10.7 Å². The Morgan fingerprint density at radius 3 is 2.48 bits per heavy atom. The third kappa shape index (κ3) is 3.23. The largest absolute Gasteiger partial charge is 0.383 e. The van der Waals surface area contributed by atoms with Crippen molar-refractivity contribution in [3.63, 3.8) is 0 Å². The number of fused-ring (bicyclic) bond motifs is 1. The zero-order chi connectivity index (χ0) is 14.3. The molecule has 0 radical (unpaired) electrons. The van der Waals surface area contributed by atoms with E-state index in [1.165, 1.54) is 20.5 Å². The lowest BCUT2D eigenvalue weighted by atomic mass is 9.97. The summed E-state index contributed by atoms with van der Waals surface area (Å²) in [6.07, 6.45) is 0.973. The Labute approximate surface area is 137 Å². The number of halogens is 1. The normalized spacial score (nSPS) is 17.7. The van der Waals surface area contributed by atoms with Crippen LogP contribution >= 0.6 is 23.7 Å². The molecule has 1 atom stereocenters. The summed E-state index contributed by atoms with van der Waals surface area (Å²) < 4.78 is 1.52. The minimum absolute atomic E-state index is 0. The van der Waals surface area contributed by atoms with Gasteiger partial charge in [-0.3, -0.25) is 4.99 Å². The first-order chi connectivity index (χ1) is 9.45. The van der Waals surface area contributed by atoms with Crippen LogP contribution in [0.15, 0.2) is 41.4 Å². The second-order valence-electron chi connectivity index (χ2n) is 6.36. The summed E-state index contributed by atoms with van der Waals surface area (Å²) in [7, 11) is -1.27. The van der Waals surface area contributed by atoms with Crippen LogP contribution in [0.3, 0.4) is 0 Å². The Kier molecular flexibility index (Phi) is 4.61. The van der Waals surface area contributed by atoms with Crippen LogP contribution in [0.25, 0.3) is 0 Å². The van der Waals surface area contributed by atoms with Crippen LogP contribution in [0, 0.1) is 0 Å². The molecule has 2 nitrogen and oxygen atoms in total. The van der Waals surface area contributed by atoms with Crippen LogP contribution in [-0.2, 0) is 6.42 Å². The maximum Gasteiger partial charge on any atom is 0.136 e. The molecule has 112 valence electrons. The molecule has 1 aromatic heterocycles. The summed E-state index contributed by atoms with van der Waals surface area (Å²) in [5.74, 6) is 0.717. The molecule has 0 saturated carbocycles. The third-order valence-electron chi connectivity index (χ3n) is 3.67. The van der Waals surface area contributed by atoms with Crippen molar-refractivity contribution in [1.82, 2.24) is 0 Å². The van der Waals surface area contributed by atoms with Crippen molar-refractivity contribution in [2.45, 2.75) is 32.1 Å². The number of benzene rings is 1. The predicted octanol–water partition coefficient (Wildman–Crippen LogP) is 3.72. The fraction of sp³-hybridized carbons (Fsp3) is 0.312. The van der Waals surface area contributed by atoms with Gasteiger partial charge in [-0.1, -0.05) is 50.0 Å². The average molecular weight is 337 g/mol. The van der Waals surface area contributed by atoms with Crippen molar-refractivity contribution in [2.75, 3.05) is 0 Å². The second-order valence-corrected chi connectivity index (χ2v) is 12.8. The van der Waals surface area contributed by atoms with E-state index in [-0.39, 0.29) is 18.4 Å². The van der Waals surface area contributed by atoms with Crippen LogP contribution in [0.4, 0.5) is 0 Å². The molecule has 1 aromatic carbocycles. The molecule has 0 amide bonds. The SMILES string of the molecule is C[Si](C)(C)c1cc2c(s1)C(N)=NC(c1ccccc1)C2.Cl. The highest BCUT2D eigenvalue weighted by Crippen LogP contribution is 2.31. The number of thiophene rings is 1. The first-order valence-electron chi connectivity index (χ1n) is 6.97. The number of nitrogens with zero attached hydrogens (tertiary/aromatic N) is 1. The Hall–Kier alpha value is -1.10. The van der Waals surface area contributed by atoms with E-state index in [2.05, 4.69) is 50.0 Å². The van der Waals surface area contributed by atoms with E-state index in [0.717, 1.165) is 12.3 Å². The Balaban J connectivity index is 0.00000161. The number of rotatable bonds is 2. The van der Waals surface area contributed by atoms with E-state index in [1.807, 2.05) is 17.4 Å². The second kappa shape index (κ2) is 5.95. The summed E-state index contributed by atoms with van der Waals surface area (Å²) in [6, 6.07) is 13.0. The molecule has 0 saturated heterocycles. The van der Waals surface area contributed by atoms with E-state index < -0.39 is 8.07 Å². The minimum atomic E-state index is -1.27. The van der Waals surface area contributed by atoms with Gasteiger partial charge in [0.15, 0.2) is 0 Å². The van der Waals surface area contributed by atoms with Gasteiger partial charge in [0.05, 0.1) is 19.0 Å². The molecule has 1 aliphatic heterocycles. The van der Waals surface area contributed by atoms with Crippen LogP contribution in [0.2, 0.25) is 19.6 Å². The molecule has 1 unspecified atom stereocenters. The fourth-order valence-electron chi connectivity index (χ4n) is 2.51. The molecule has 0 bridgehead atoms. The molecule has 0 spiro atoms. The fourth-order valence-corrected chi connectivity index (χ4v) is 5.50.